The fourth-order valence-electron chi connectivity index (χ4n) is 4.26. The molecule has 9 nitrogen and oxygen atoms in total. The Kier molecular flexibility index (Phi) is 7.91. The molecule has 0 atom stereocenters. The first-order valence-electron chi connectivity index (χ1n) is 11.6. The molecule has 10 heteroatoms. The topological polar surface area (TPSA) is 135 Å². The van der Waals surface area contributed by atoms with E-state index in [-0.39, 0.29) is 0 Å². The fourth-order valence-corrected chi connectivity index (χ4v) is 4.26. The predicted molar refractivity (Wildman–Crippen MR) is 128 cm³/mol. The summed E-state index contributed by atoms with van der Waals surface area (Å²) < 4.78 is 50.0. The van der Waals surface area contributed by atoms with Crippen LogP contribution >= 0.6 is 0 Å². The minimum absolute atomic E-state index is 0.770. The van der Waals surface area contributed by atoms with Gasteiger partial charge < -0.3 is 9.15 Å². The van der Waals surface area contributed by atoms with Gasteiger partial charge in [-0.25, -0.2) is 27.9 Å². The number of rotatable bonds is 5. The molecule has 0 amide bonds. The van der Waals surface area contributed by atoms with Crippen LogP contribution in [0.2, 0.25) is 0 Å². The zero-order valence-corrected chi connectivity index (χ0v) is 21.3. The zero-order valence-electron chi connectivity index (χ0n) is 20.6. The Labute approximate surface area is 215 Å². The number of halogens is 1. The van der Waals surface area contributed by atoms with Gasteiger partial charge in [0.25, 0.3) is 0 Å². The second-order valence-electron chi connectivity index (χ2n) is 8.08. The van der Waals surface area contributed by atoms with Crippen LogP contribution in [0.25, 0.3) is 39.1 Å². The molecule has 1 aliphatic heterocycles. The molecule has 3 aromatic rings. The predicted octanol–water partition coefficient (Wildman–Crippen LogP) is 0.455. The maximum atomic E-state index is 8.49. The summed E-state index contributed by atoms with van der Waals surface area (Å²) in [6, 6.07) is 22.6. The smallest absolute Gasteiger partial charge is 0.203 e. The van der Waals surface area contributed by atoms with Crippen molar-refractivity contribution in [2.24, 2.45) is 0 Å². The standard InChI is InChI=1S/C27H26N3O2.ClHO4/c1-4-29(5-2)21-11-13-23-25(15-21)32-26-16-22(31-3)12-14-24(26)27(23)19-17-28-30(18-19)20-9-7-6-8-10-20;2-1(3,4)5/h6-18H,4-5H2,1-3H3;(H,2,3,4,5)/q+1;/p-1. The van der Waals surface area contributed by atoms with Crippen molar-refractivity contribution in [2.45, 2.75) is 13.8 Å². The molecule has 0 unspecified atom stereocenters. The van der Waals surface area contributed by atoms with Crippen molar-refractivity contribution in [1.82, 2.24) is 14.4 Å². The van der Waals surface area contributed by atoms with Gasteiger partial charge in [-0.05, 0) is 44.2 Å². The van der Waals surface area contributed by atoms with Crippen LogP contribution in [0.4, 0.5) is 0 Å². The second-order valence-corrected chi connectivity index (χ2v) is 8.83. The number of para-hydroxylation sites is 1. The summed E-state index contributed by atoms with van der Waals surface area (Å²) in [5.74, 6) is 1.61. The number of hydrogen-bond donors (Lipinski definition) is 0. The van der Waals surface area contributed by atoms with Gasteiger partial charge in [0.05, 0.1) is 25.1 Å². The number of nitrogens with zero attached hydrogens (tertiary/aromatic N) is 3. The first kappa shape index (κ1) is 26.3. The Morgan fingerprint density at radius 3 is 2.30 bits per heavy atom. The van der Waals surface area contributed by atoms with Crippen LogP contribution in [0.15, 0.2) is 83.5 Å². The highest BCUT2D eigenvalue weighted by Crippen LogP contribution is 2.40. The summed E-state index contributed by atoms with van der Waals surface area (Å²) in [4.78, 5) is 0. The van der Waals surface area contributed by atoms with Gasteiger partial charge in [0.2, 0.25) is 5.36 Å². The highest BCUT2D eigenvalue weighted by Gasteiger charge is 2.20. The summed E-state index contributed by atoms with van der Waals surface area (Å²) in [7, 11) is -3.27. The number of benzene rings is 3. The minimum Gasteiger partial charge on any atom is -0.497 e. The van der Waals surface area contributed by atoms with E-state index in [0.717, 1.165) is 63.3 Å². The average molecular weight is 524 g/mol. The van der Waals surface area contributed by atoms with Crippen LogP contribution in [0.5, 0.6) is 5.75 Å². The van der Waals surface area contributed by atoms with E-state index in [1.807, 2.05) is 41.2 Å². The molecule has 1 aliphatic carbocycles. The number of ether oxygens (including phenoxy) is 1. The Hall–Kier alpha value is -3.73. The molecule has 1 aromatic heterocycles. The van der Waals surface area contributed by atoms with E-state index in [1.54, 1.807) is 7.11 Å². The molecule has 0 spiro atoms. The molecule has 0 saturated heterocycles. The van der Waals surface area contributed by atoms with Gasteiger partial charge in [-0.2, -0.15) is 5.10 Å². The summed E-state index contributed by atoms with van der Waals surface area (Å²) in [5, 5.41) is 6.82. The molecular formula is C27H26ClN3O6. The minimum atomic E-state index is -4.94. The highest BCUT2D eigenvalue weighted by molar-refractivity contribution is 6.01. The zero-order chi connectivity index (χ0) is 26.6. The Morgan fingerprint density at radius 2 is 1.65 bits per heavy atom. The highest BCUT2D eigenvalue weighted by atomic mass is 35.7. The molecule has 5 rings (SSSR count). The summed E-state index contributed by atoms with van der Waals surface area (Å²) in [6.07, 6.45) is 4.00. The van der Waals surface area contributed by atoms with Crippen molar-refractivity contribution in [3.63, 3.8) is 0 Å². The van der Waals surface area contributed by atoms with Crippen LogP contribution in [0.1, 0.15) is 13.8 Å². The SMILES string of the molecule is CC[N+](CC)=c1ccc2c(-c3cnn(-c4ccccc4)c3)c3ccc(OC)cc3oc-2c1.[O-][Cl+3]([O-])([O-])[O-]. The van der Waals surface area contributed by atoms with Crippen molar-refractivity contribution in [3.05, 3.63) is 84.5 Å². The maximum absolute atomic E-state index is 8.49. The molecule has 2 heterocycles. The lowest BCUT2D eigenvalue weighted by Gasteiger charge is -2.17. The van der Waals surface area contributed by atoms with Gasteiger partial charge in [-0.1, -0.05) is 18.2 Å². The van der Waals surface area contributed by atoms with E-state index in [9.17, 15) is 0 Å². The van der Waals surface area contributed by atoms with Crippen LogP contribution in [0.3, 0.4) is 0 Å². The maximum Gasteiger partial charge on any atom is 0.203 e. The summed E-state index contributed by atoms with van der Waals surface area (Å²) in [5.41, 5.74) is 5.03. The van der Waals surface area contributed by atoms with Crippen molar-refractivity contribution >= 4 is 11.0 Å². The van der Waals surface area contributed by atoms with Crippen molar-refractivity contribution in [2.75, 3.05) is 20.2 Å². The molecule has 2 aromatic carbocycles. The van der Waals surface area contributed by atoms with E-state index in [1.165, 1.54) is 0 Å². The third-order valence-corrected chi connectivity index (χ3v) is 5.93. The lowest BCUT2D eigenvalue weighted by Crippen LogP contribution is -2.68. The Bertz CT molecular complexity index is 1530. The quantitative estimate of drug-likeness (QED) is 0.241. The molecule has 192 valence electrons. The lowest BCUT2D eigenvalue weighted by atomic mass is 9.95. The van der Waals surface area contributed by atoms with Crippen molar-refractivity contribution in [3.8, 4) is 33.9 Å². The van der Waals surface area contributed by atoms with E-state index in [4.69, 9.17) is 27.8 Å². The third-order valence-electron chi connectivity index (χ3n) is 5.93. The van der Waals surface area contributed by atoms with Crippen molar-refractivity contribution in [1.29, 1.82) is 0 Å². The van der Waals surface area contributed by atoms with Crippen LogP contribution in [-0.4, -0.2) is 30.0 Å². The molecule has 0 fully saturated rings. The Balaban J connectivity index is 0.000000586. The molecule has 0 N–H and O–H groups in total. The molecule has 0 saturated carbocycles. The Morgan fingerprint density at radius 1 is 0.946 bits per heavy atom. The van der Waals surface area contributed by atoms with E-state index in [0.29, 0.717) is 0 Å². The first-order valence-corrected chi connectivity index (χ1v) is 12.8. The van der Waals surface area contributed by atoms with Crippen LogP contribution < -0.4 is 33.3 Å². The lowest BCUT2D eigenvalue weighted by molar-refractivity contribution is -2.00. The second kappa shape index (κ2) is 11.1. The molecular weight excluding hydrogens is 498 g/mol. The average Bonchev–Trinajstić information content (AvgIpc) is 3.37. The normalized spacial score (nSPS) is 11.3. The van der Waals surface area contributed by atoms with Crippen molar-refractivity contribution < 1.29 is 38.0 Å². The molecule has 2 aliphatic rings. The van der Waals surface area contributed by atoms with Gasteiger partial charge in [-0.15, -0.1) is 10.2 Å². The van der Waals surface area contributed by atoms with E-state index >= 15 is 0 Å². The summed E-state index contributed by atoms with van der Waals surface area (Å²) >= 11 is 0. The van der Waals surface area contributed by atoms with Gasteiger partial charge in [0.1, 0.15) is 30.2 Å². The van der Waals surface area contributed by atoms with Gasteiger partial charge in [0.15, 0.2) is 0 Å². The number of aromatic nitrogens is 2. The summed E-state index contributed by atoms with van der Waals surface area (Å²) in [6.45, 7) is 6.22. The van der Waals surface area contributed by atoms with Crippen LogP contribution in [0, 0.1) is 10.2 Å². The fraction of sp³-hybridized carbons (Fsp3) is 0.185. The molecule has 0 bridgehead atoms. The third kappa shape index (κ3) is 6.16. The van der Waals surface area contributed by atoms with Crippen LogP contribution in [-0.2, 0) is 0 Å². The molecule has 0 radical (unpaired) electrons. The first-order chi connectivity index (χ1) is 17.7. The van der Waals surface area contributed by atoms with E-state index in [2.05, 4.69) is 66.1 Å². The largest absolute Gasteiger partial charge is 0.497 e. The van der Waals surface area contributed by atoms with Gasteiger partial charge in [-0.3, -0.25) is 0 Å². The number of fused-ring (bicyclic) bond motifs is 2. The monoisotopic (exact) mass is 523 g/mol. The number of hydrogen-bond acceptors (Lipinski definition) is 7. The molecule has 37 heavy (non-hydrogen) atoms. The van der Waals surface area contributed by atoms with Gasteiger partial charge >= 0.3 is 0 Å². The number of methoxy groups -OCH3 is 1. The van der Waals surface area contributed by atoms with E-state index < -0.39 is 10.2 Å². The van der Waals surface area contributed by atoms with Gasteiger partial charge in [0, 0.05) is 40.4 Å².